The van der Waals surface area contributed by atoms with Gasteiger partial charge in [-0.2, -0.15) is 9.97 Å². The second-order valence-corrected chi connectivity index (χ2v) is 13.2. The number of phenolic OH excluding ortho intramolecular Hbond substituents is 1. The van der Waals surface area contributed by atoms with Crippen molar-refractivity contribution >= 4 is 28.4 Å². The highest BCUT2D eigenvalue weighted by atomic mass is 16.6. The van der Waals surface area contributed by atoms with Crippen molar-refractivity contribution in [3.63, 3.8) is 0 Å². The summed E-state index contributed by atoms with van der Waals surface area (Å²) in [5, 5.41) is 12.6. The number of piperazine rings is 1. The molecule has 0 unspecified atom stereocenters. The molecule has 0 bridgehead atoms. The molecule has 2 fully saturated rings. The van der Waals surface area contributed by atoms with Gasteiger partial charge in [-0.15, -0.1) is 0 Å². The van der Waals surface area contributed by atoms with Crippen molar-refractivity contribution < 1.29 is 19.4 Å². The van der Waals surface area contributed by atoms with Crippen LogP contribution in [0.15, 0.2) is 36.4 Å². The summed E-state index contributed by atoms with van der Waals surface area (Å²) in [7, 11) is 0. The molecular formula is C34H46N6O4. The number of benzene rings is 2. The van der Waals surface area contributed by atoms with Crippen molar-refractivity contribution in [2.45, 2.75) is 71.6 Å². The molecule has 0 aliphatic carbocycles. The lowest BCUT2D eigenvalue weighted by atomic mass is 10.0. The minimum atomic E-state index is -0.523. The third kappa shape index (κ3) is 6.65. The zero-order chi connectivity index (χ0) is 30.8. The van der Waals surface area contributed by atoms with Gasteiger partial charge in [0.1, 0.15) is 23.8 Å². The molecule has 0 radical (unpaired) electrons. The predicted molar refractivity (Wildman–Crippen MR) is 173 cm³/mol. The highest BCUT2D eigenvalue weighted by molar-refractivity contribution is 5.95. The first-order valence-electron chi connectivity index (χ1n) is 16.1. The van der Waals surface area contributed by atoms with Crippen molar-refractivity contribution in [1.82, 2.24) is 19.8 Å². The molecule has 44 heavy (non-hydrogen) atoms. The van der Waals surface area contributed by atoms with E-state index in [0.29, 0.717) is 51.4 Å². The first kappa shape index (κ1) is 30.2. The Labute approximate surface area is 260 Å². The van der Waals surface area contributed by atoms with Crippen molar-refractivity contribution in [2.24, 2.45) is 0 Å². The fraction of sp³-hybridized carbons (Fsp3) is 0.559. The second kappa shape index (κ2) is 12.7. The molecule has 6 rings (SSSR count). The van der Waals surface area contributed by atoms with Crippen molar-refractivity contribution in [3.8, 4) is 11.8 Å². The van der Waals surface area contributed by atoms with Gasteiger partial charge in [0.05, 0.1) is 12.2 Å². The number of nitrogens with zero attached hydrogens (tertiary/aromatic N) is 6. The Morgan fingerprint density at radius 3 is 2.59 bits per heavy atom. The van der Waals surface area contributed by atoms with Gasteiger partial charge in [0, 0.05) is 61.5 Å². The number of amides is 1. The number of rotatable bonds is 7. The van der Waals surface area contributed by atoms with Crippen LogP contribution in [0.2, 0.25) is 0 Å². The molecule has 3 aliphatic heterocycles. The van der Waals surface area contributed by atoms with Crippen molar-refractivity contribution in [2.75, 3.05) is 62.2 Å². The lowest BCUT2D eigenvalue weighted by Gasteiger charge is -2.38. The van der Waals surface area contributed by atoms with Gasteiger partial charge in [0.25, 0.3) is 0 Å². The van der Waals surface area contributed by atoms with E-state index in [-0.39, 0.29) is 11.8 Å². The van der Waals surface area contributed by atoms with E-state index in [1.807, 2.05) is 51.1 Å². The molecule has 236 valence electrons. The summed E-state index contributed by atoms with van der Waals surface area (Å²) in [4.78, 5) is 31.6. The van der Waals surface area contributed by atoms with Gasteiger partial charge in [-0.1, -0.05) is 31.2 Å². The van der Waals surface area contributed by atoms with Crippen molar-refractivity contribution in [3.05, 3.63) is 47.7 Å². The van der Waals surface area contributed by atoms with Gasteiger partial charge >= 0.3 is 12.1 Å². The lowest BCUT2D eigenvalue weighted by Crippen LogP contribution is -2.50. The zero-order valence-corrected chi connectivity index (χ0v) is 26.6. The molecule has 1 aromatic heterocycles. The van der Waals surface area contributed by atoms with Gasteiger partial charge < -0.3 is 29.3 Å². The van der Waals surface area contributed by atoms with Crippen LogP contribution in [-0.4, -0.2) is 95.0 Å². The van der Waals surface area contributed by atoms with E-state index in [4.69, 9.17) is 19.4 Å². The second-order valence-electron chi connectivity index (χ2n) is 13.2. The Hall–Kier alpha value is -3.79. The van der Waals surface area contributed by atoms with Gasteiger partial charge in [-0.3, -0.25) is 4.90 Å². The largest absolute Gasteiger partial charge is 0.508 e. The molecule has 10 heteroatoms. The van der Waals surface area contributed by atoms with Crippen molar-refractivity contribution in [1.29, 1.82) is 0 Å². The van der Waals surface area contributed by atoms with Crippen LogP contribution in [0, 0.1) is 0 Å². The first-order valence-corrected chi connectivity index (χ1v) is 16.1. The first-order chi connectivity index (χ1) is 21.2. The maximum absolute atomic E-state index is 12.7. The lowest BCUT2D eigenvalue weighted by molar-refractivity contribution is 0.0240. The Morgan fingerprint density at radius 2 is 1.82 bits per heavy atom. The van der Waals surface area contributed by atoms with Crippen LogP contribution in [0.3, 0.4) is 0 Å². The molecule has 0 spiro atoms. The predicted octanol–water partition coefficient (Wildman–Crippen LogP) is 5.21. The Kier molecular flexibility index (Phi) is 8.71. The zero-order valence-electron chi connectivity index (χ0n) is 26.6. The average molecular weight is 603 g/mol. The third-order valence-electron chi connectivity index (χ3n) is 8.83. The number of likely N-dealkylation sites (tertiary alicyclic amines) is 1. The SMILES string of the molecule is CCCN1CCC[C@H]1COc1nc2c(c(N3CCN(C(=O)OC(C)(C)C)CC3)n1)CCN(c1cc(O)cc3ccccc13)C2. The molecule has 10 nitrogen and oxygen atoms in total. The number of carbonyl (C=O) groups excluding carboxylic acids is 1. The number of hydrogen-bond donors (Lipinski definition) is 1. The number of fused-ring (bicyclic) bond motifs is 2. The van der Waals surface area contributed by atoms with Crippen LogP contribution in [0.25, 0.3) is 10.8 Å². The van der Waals surface area contributed by atoms with Crippen LogP contribution in [0.4, 0.5) is 16.3 Å². The highest BCUT2D eigenvalue weighted by Crippen LogP contribution is 2.36. The summed E-state index contributed by atoms with van der Waals surface area (Å²) < 4.78 is 12.0. The van der Waals surface area contributed by atoms with Gasteiger partial charge in [-0.05, 0) is 71.0 Å². The highest BCUT2D eigenvalue weighted by Gasteiger charge is 2.31. The summed E-state index contributed by atoms with van der Waals surface area (Å²) in [5.74, 6) is 1.17. The maximum atomic E-state index is 12.7. The summed E-state index contributed by atoms with van der Waals surface area (Å²) in [5.41, 5.74) is 2.57. The fourth-order valence-corrected chi connectivity index (χ4v) is 6.72. The van der Waals surface area contributed by atoms with E-state index in [1.165, 1.54) is 6.42 Å². The Bertz CT molecular complexity index is 1480. The molecular weight excluding hydrogens is 556 g/mol. The molecule has 2 aromatic carbocycles. The number of aromatic hydroxyl groups is 1. The molecule has 1 N–H and O–H groups in total. The summed E-state index contributed by atoms with van der Waals surface area (Å²) in [6, 6.07) is 12.6. The third-order valence-corrected chi connectivity index (χ3v) is 8.83. The molecule has 4 heterocycles. The summed E-state index contributed by atoms with van der Waals surface area (Å²) in [6.45, 7) is 14.5. The van der Waals surface area contributed by atoms with Crippen LogP contribution >= 0.6 is 0 Å². The summed E-state index contributed by atoms with van der Waals surface area (Å²) >= 11 is 0. The fourth-order valence-electron chi connectivity index (χ4n) is 6.72. The van der Waals surface area contributed by atoms with Crippen LogP contribution in [-0.2, 0) is 17.7 Å². The standard InChI is InChI=1S/C34H46N6O4/c1-5-13-37-14-8-10-25(37)23-43-32-35-29-22-40(30-21-26(41)20-24-9-6-7-11-27(24)30)15-12-28(29)31(36-32)38-16-18-39(19-17-38)33(42)44-34(2,3)4/h6-7,9,11,20-21,25,41H,5,8,10,12-19,22-23H2,1-4H3/t25-/m0/s1. The van der Waals surface area contributed by atoms with E-state index in [0.717, 1.165) is 72.4 Å². The molecule has 3 aromatic rings. The minimum absolute atomic E-state index is 0.257. The Morgan fingerprint density at radius 1 is 1.02 bits per heavy atom. The van der Waals surface area contributed by atoms with Gasteiger partial charge in [0.15, 0.2) is 0 Å². The van der Waals surface area contributed by atoms with E-state index < -0.39 is 5.60 Å². The number of aromatic nitrogens is 2. The maximum Gasteiger partial charge on any atom is 0.410 e. The van der Waals surface area contributed by atoms with Gasteiger partial charge in [-0.25, -0.2) is 4.79 Å². The smallest absolute Gasteiger partial charge is 0.410 e. The number of anilines is 2. The monoisotopic (exact) mass is 602 g/mol. The van der Waals surface area contributed by atoms with E-state index in [2.05, 4.69) is 27.7 Å². The quantitative estimate of drug-likeness (QED) is 0.391. The van der Waals surface area contributed by atoms with E-state index in [1.54, 1.807) is 4.90 Å². The van der Waals surface area contributed by atoms with Crippen LogP contribution in [0.5, 0.6) is 11.8 Å². The summed E-state index contributed by atoms with van der Waals surface area (Å²) in [6.07, 6.45) is 3.95. The number of hydrogen-bond acceptors (Lipinski definition) is 9. The van der Waals surface area contributed by atoms with Crippen LogP contribution < -0.4 is 14.5 Å². The topological polar surface area (TPSA) is 94.5 Å². The molecule has 2 saturated heterocycles. The van der Waals surface area contributed by atoms with Crippen LogP contribution in [0.1, 0.15) is 58.2 Å². The van der Waals surface area contributed by atoms with Gasteiger partial charge in [0.2, 0.25) is 0 Å². The number of ether oxygens (including phenoxy) is 2. The van der Waals surface area contributed by atoms with E-state index in [9.17, 15) is 9.90 Å². The molecule has 1 atom stereocenters. The molecule has 3 aliphatic rings. The minimum Gasteiger partial charge on any atom is -0.508 e. The Balaban J connectivity index is 1.27. The normalized spacial score (nSPS) is 19.4. The molecule has 0 saturated carbocycles. The number of carbonyl (C=O) groups is 1. The molecule has 1 amide bonds. The number of phenols is 1. The van der Waals surface area contributed by atoms with E-state index >= 15 is 0 Å². The average Bonchev–Trinajstić information content (AvgIpc) is 3.45.